The molecule has 1 aliphatic rings. The van der Waals surface area contributed by atoms with Gasteiger partial charge in [0.15, 0.2) is 5.58 Å². The number of aryl methyl sites for hydroxylation is 1. The summed E-state index contributed by atoms with van der Waals surface area (Å²) in [5, 5.41) is 23.1. The summed E-state index contributed by atoms with van der Waals surface area (Å²) in [5.74, 6) is -1.54. The van der Waals surface area contributed by atoms with Gasteiger partial charge in [-0.2, -0.15) is 0 Å². The normalized spacial score (nSPS) is 17.2. The Morgan fingerprint density at radius 2 is 1.39 bits per heavy atom. The lowest BCUT2D eigenvalue weighted by atomic mass is 9.86. The smallest absolute Gasteiger partial charge is 0.419 e. The van der Waals surface area contributed by atoms with Crippen LogP contribution in [0.4, 0.5) is 5.69 Å². The molecule has 1 atom stereocenters. The van der Waals surface area contributed by atoms with Crippen LogP contribution in [-0.4, -0.2) is 20.7 Å². The number of carbonyl (C=O) groups is 1. The minimum Gasteiger partial charge on any atom is -0.507 e. The van der Waals surface area contributed by atoms with E-state index in [9.17, 15) is 19.8 Å². The lowest BCUT2D eigenvalue weighted by Gasteiger charge is -2.31. The van der Waals surface area contributed by atoms with Gasteiger partial charge in [-0.1, -0.05) is 78.9 Å². The van der Waals surface area contributed by atoms with Crippen molar-refractivity contribution < 1.29 is 19.4 Å². The van der Waals surface area contributed by atoms with Crippen molar-refractivity contribution in [3.63, 3.8) is 0 Å². The number of benzene rings is 4. The van der Waals surface area contributed by atoms with Crippen molar-refractivity contribution in [3.8, 4) is 5.75 Å². The molecule has 1 aromatic heterocycles. The second-order valence-electron chi connectivity index (χ2n) is 8.89. The maximum atomic E-state index is 14.3. The number of aromatic nitrogens is 1. The number of oxazole rings is 1. The van der Waals surface area contributed by atoms with E-state index in [1.165, 1.54) is 23.7 Å². The Morgan fingerprint density at radius 1 is 0.806 bits per heavy atom. The van der Waals surface area contributed by atoms with E-state index in [0.717, 1.165) is 11.1 Å². The first-order chi connectivity index (χ1) is 17.4. The maximum absolute atomic E-state index is 14.3. The summed E-state index contributed by atoms with van der Waals surface area (Å²) in [7, 11) is 1.52. The molecule has 4 aromatic carbocycles. The second-order valence-corrected chi connectivity index (χ2v) is 8.89. The van der Waals surface area contributed by atoms with E-state index < -0.39 is 23.3 Å². The zero-order chi connectivity index (χ0) is 25.0. The van der Waals surface area contributed by atoms with E-state index in [2.05, 4.69) is 0 Å². The van der Waals surface area contributed by atoms with Gasteiger partial charge >= 0.3 is 5.76 Å². The molecule has 0 saturated carbocycles. The zero-order valence-electron chi connectivity index (χ0n) is 19.3. The van der Waals surface area contributed by atoms with Crippen molar-refractivity contribution in [2.45, 2.75) is 11.6 Å². The van der Waals surface area contributed by atoms with Crippen LogP contribution < -0.4 is 10.7 Å². The van der Waals surface area contributed by atoms with Gasteiger partial charge < -0.3 is 14.6 Å². The van der Waals surface area contributed by atoms with Gasteiger partial charge in [-0.15, -0.1) is 0 Å². The molecule has 5 aromatic rings. The fourth-order valence-corrected chi connectivity index (χ4v) is 5.12. The quantitative estimate of drug-likeness (QED) is 0.404. The van der Waals surface area contributed by atoms with Crippen molar-refractivity contribution in [2.75, 3.05) is 4.90 Å². The highest BCUT2D eigenvalue weighted by molar-refractivity contribution is 6.10. The molecule has 1 unspecified atom stereocenters. The molecule has 178 valence electrons. The highest BCUT2D eigenvalue weighted by Crippen LogP contribution is 2.51. The Kier molecular flexibility index (Phi) is 4.84. The molecule has 1 amide bonds. The van der Waals surface area contributed by atoms with Gasteiger partial charge in [0.2, 0.25) is 5.60 Å². The Labute approximate surface area is 206 Å². The number of aromatic hydroxyl groups is 1. The first-order valence-electron chi connectivity index (χ1n) is 11.5. The Morgan fingerprint density at radius 3 is 2.03 bits per heavy atom. The number of fused-ring (bicyclic) bond motifs is 2. The molecule has 6 rings (SSSR count). The highest BCUT2D eigenvalue weighted by Gasteiger charge is 2.54. The van der Waals surface area contributed by atoms with Crippen LogP contribution in [0.15, 0.2) is 106 Å². The van der Waals surface area contributed by atoms with E-state index in [4.69, 9.17) is 4.42 Å². The zero-order valence-corrected chi connectivity index (χ0v) is 19.3. The fraction of sp³-hybridized carbons (Fsp3) is 0.103. The summed E-state index contributed by atoms with van der Waals surface area (Å²) in [5.41, 5.74) is 0.850. The van der Waals surface area contributed by atoms with E-state index in [1.54, 1.807) is 29.2 Å². The van der Waals surface area contributed by atoms with Crippen LogP contribution in [0.3, 0.4) is 0 Å². The Hall–Kier alpha value is -4.62. The molecular weight excluding hydrogens is 456 g/mol. The average molecular weight is 479 g/mol. The van der Waals surface area contributed by atoms with Crippen LogP contribution in [0.5, 0.6) is 5.75 Å². The van der Waals surface area contributed by atoms with Crippen molar-refractivity contribution >= 4 is 22.7 Å². The van der Waals surface area contributed by atoms with E-state index in [0.29, 0.717) is 16.8 Å². The molecule has 1 aliphatic heterocycles. The molecule has 2 N–H and O–H groups in total. The van der Waals surface area contributed by atoms with Gasteiger partial charge in [0.1, 0.15) is 5.75 Å². The molecule has 7 nitrogen and oxygen atoms in total. The van der Waals surface area contributed by atoms with Gasteiger partial charge in [0.05, 0.1) is 17.2 Å². The standard InChI is InChI=1S/C29H22N2O5/c1-30-23-17-24(32)21(16-25(23)36-28(30)34)29(35)20-14-8-9-15-22(20)31(27(29)33)26(18-10-4-2-5-11-18)19-12-6-3-7-13-19/h2-17,26,32,35H,1H3. The second kappa shape index (κ2) is 7.96. The highest BCUT2D eigenvalue weighted by atomic mass is 16.4. The monoisotopic (exact) mass is 478 g/mol. The van der Waals surface area contributed by atoms with E-state index in [1.807, 2.05) is 60.7 Å². The number of phenols is 1. The average Bonchev–Trinajstić information content (AvgIpc) is 3.31. The number of nitrogens with zero attached hydrogens (tertiary/aromatic N) is 2. The van der Waals surface area contributed by atoms with Crippen LogP contribution in [0, 0.1) is 0 Å². The van der Waals surface area contributed by atoms with Crippen molar-refractivity contribution in [2.24, 2.45) is 7.05 Å². The number of hydrogen-bond acceptors (Lipinski definition) is 5. The predicted molar refractivity (Wildman–Crippen MR) is 135 cm³/mol. The minimum absolute atomic E-state index is 0.0517. The lowest BCUT2D eigenvalue weighted by Crippen LogP contribution is -2.43. The largest absolute Gasteiger partial charge is 0.507 e. The number of aliphatic hydroxyl groups is 1. The third-order valence-electron chi connectivity index (χ3n) is 6.87. The molecule has 7 heteroatoms. The first-order valence-corrected chi connectivity index (χ1v) is 11.5. The SMILES string of the molecule is Cn1c(=O)oc2cc(C3(O)C(=O)N(C(c4ccccc4)c4ccccc4)c4ccccc43)c(O)cc21. The van der Waals surface area contributed by atoms with Gasteiger partial charge in [0, 0.05) is 24.2 Å². The molecule has 0 bridgehead atoms. The van der Waals surface area contributed by atoms with Crippen LogP contribution >= 0.6 is 0 Å². The van der Waals surface area contributed by atoms with E-state index in [-0.39, 0.29) is 16.9 Å². The van der Waals surface area contributed by atoms with Crippen molar-refractivity contribution in [1.29, 1.82) is 0 Å². The lowest BCUT2D eigenvalue weighted by molar-refractivity contribution is -0.132. The summed E-state index contributed by atoms with van der Waals surface area (Å²) in [4.78, 5) is 27.9. The van der Waals surface area contributed by atoms with Gasteiger partial charge in [-0.25, -0.2) is 4.79 Å². The van der Waals surface area contributed by atoms with Crippen LogP contribution in [0.25, 0.3) is 11.1 Å². The van der Waals surface area contributed by atoms with Crippen LogP contribution in [-0.2, 0) is 17.4 Å². The van der Waals surface area contributed by atoms with Crippen LogP contribution in [0.1, 0.15) is 28.3 Å². The first kappa shape index (κ1) is 21.9. The molecule has 36 heavy (non-hydrogen) atoms. The third kappa shape index (κ3) is 3.03. The van der Waals surface area contributed by atoms with Gasteiger partial charge in [-0.05, 0) is 23.3 Å². The molecule has 0 radical (unpaired) electrons. The van der Waals surface area contributed by atoms with E-state index >= 15 is 0 Å². The minimum atomic E-state index is -2.20. The number of phenolic OH excluding ortho intramolecular Hbond substituents is 1. The Balaban J connectivity index is 1.60. The Bertz CT molecular complexity index is 1630. The molecule has 0 spiro atoms. The number of rotatable bonds is 4. The maximum Gasteiger partial charge on any atom is 0.419 e. The van der Waals surface area contributed by atoms with Gasteiger partial charge in [0.25, 0.3) is 5.91 Å². The summed E-state index contributed by atoms with van der Waals surface area (Å²) < 4.78 is 6.55. The molecule has 0 saturated heterocycles. The molecule has 0 fully saturated rings. The predicted octanol–water partition coefficient (Wildman–Crippen LogP) is 4.21. The number of amides is 1. The van der Waals surface area contributed by atoms with Gasteiger partial charge in [-0.3, -0.25) is 14.3 Å². The third-order valence-corrected chi connectivity index (χ3v) is 6.87. The molecular formula is C29H22N2O5. The van der Waals surface area contributed by atoms with Crippen molar-refractivity contribution in [1.82, 2.24) is 4.57 Å². The number of anilines is 1. The summed E-state index contributed by atoms with van der Waals surface area (Å²) >= 11 is 0. The topological polar surface area (TPSA) is 95.9 Å². The molecule has 2 heterocycles. The number of para-hydroxylation sites is 1. The van der Waals surface area contributed by atoms with Crippen molar-refractivity contribution in [3.05, 3.63) is 130 Å². The number of carbonyl (C=O) groups excluding carboxylic acids is 1. The molecule has 0 aliphatic carbocycles. The van der Waals surface area contributed by atoms with Crippen LogP contribution in [0.2, 0.25) is 0 Å². The summed E-state index contributed by atoms with van der Waals surface area (Å²) in [6.07, 6.45) is 0. The number of hydrogen-bond donors (Lipinski definition) is 2. The fourth-order valence-electron chi connectivity index (χ4n) is 5.12. The summed E-state index contributed by atoms with van der Waals surface area (Å²) in [6, 6.07) is 28.3. The summed E-state index contributed by atoms with van der Waals surface area (Å²) in [6.45, 7) is 0.